The normalized spacial score (nSPS) is 6.70. The fraction of sp³-hybridized carbons (Fsp3) is 0.500. The highest BCUT2D eigenvalue weighted by atomic mass is 16.5. The second-order valence-electron chi connectivity index (χ2n) is 1.37. The number of carbonyl (C=O) groups excluding carboxylic acids is 2. The first-order chi connectivity index (χ1) is 4.54. The zero-order valence-electron chi connectivity index (χ0n) is 6.38. The first kappa shape index (κ1) is 11.6. The van der Waals surface area contributed by atoms with Crippen molar-refractivity contribution in [2.24, 2.45) is 4.99 Å². The van der Waals surface area contributed by atoms with Crippen molar-refractivity contribution >= 4 is 18.6 Å². The largest absolute Gasteiger partial charge is 0.469 e. The third-order valence-electron chi connectivity index (χ3n) is 0.510. The molecule has 0 N–H and O–H groups in total. The van der Waals surface area contributed by atoms with Gasteiger partial charge in [-0.25, -0.2) is 4.99 Å². The molecule has 1 amide bonds. The Kier molecular flexibility index (Phi) is 9.05. The van der Waals surface area contributed by atoms with Gasteiger partial charge in [0, 0.05) is 13.8 Å². The molecule has 0 saturated heterocycles. The van der Waals surface area contributed by atoms with E-state index in [1.54, 1.807) is 0 Å². The van der Waals surface area contributed by atoms with Gasteiger partial charge in [0.1, 0.15) is 0 Å². The third kappa shape index (κ3) is 29.1. The van der Waals surface area contributed by atoms with Gasteiger partial charge in [-0.1, -0.05) is 0 Å². The van der Waals surface area contributed by atoms with Crippen LogP contribution in [0.3, 0.4) is 0 Å². The first-order valence-corrected chi connectivity index (χ1v) is 2.56. The molecule has 0 aliphatic heterocycles. The second-order valence-corrected chi connectivity index (χ2v) is 1.37. The number of nitrogens with zero attached hydrogens (tertiary/aromatic N) is 1. The predicted molar refractivity (Wildman–Crippen MR) is 37.9 cm³/mol. The van der Waals surface area contributed by atoms with Crippen molar-refractivity contribution in [3.05, 3.63) is 0 Å². The number of hydrogen-bond acceptors (Lipinski definition) is 3. The maximum Gasteiger partial charge on any atom is 0.302 e. The van der Waals surface area contributed by atoms with Crippen molar-refractivity contribution in [1.29, 1.82) is 0 Å². The number of ether oxygens (including phenoxy) is 1. The van der Waals surface area contributed by atoms with E-state index >= 15 is 0 Å². The van der Waals surface area contributed by atoms with Crippen LogP contribution in [0.2, 0.25) is 0 Å². The zero-order valence-corrected chi connectivity index (χ0v) is 6.38. The number of aliphatic imine (C=N–C) groups is 1. The van der Waals surface area contributed by atoms with Crippen LogP contribution < -0.4 is 0 Å². The van der Waals surface area contributed by atoms with Crippen LogP contribution in [0, 0.1) is 0 Å². The summed E-state index contributed by atoms with van der Waals surface area (Å²) in [6.07, 6.45) is 0. The summed E-state index contributed by atoms with van der Waals surface area (Å²) in [5.74, 6) is -0.477. The molecule has 58 valence electrons. The van der Waals surface area contributed by atoms with Crippen molar-refractivity contribution in [2.45, 2.75) is 13.8 Å². The molecule has 0 aromatic rings. The molecule has 0 aliphatic carbocycles. The Morgan fingerprint density at radius 2 is 1.60 bits per heavy atom. The van der Waals surface area contributed by atoms with Crippen molar-refractivity contribution in [3.63, 3.8) is 0 Å². The minimum Gasteiger partial charge on any atom is -0.469 e. The third-order valence-corrected chi connectivity index (χ3v) is 0.510. The van der Waals surface area contributed by atoms with Gasteiger partial charge in [-0.05, 0) is 6.72 Å². The number of amides is 1. The van der Waals surface area contributed by atoms with E-state index in [0.717, 1.165) is 0 Å². The fourth-order valence-corrected chi connectivity index (χ4v) is 0. The van der Waals surface area contributed by atoms with Crippen LogP contribution in [0.15, 0.2) is 4.99 Å². The van der Waals surface area contributed by atoms with Gasteiger partial charge in [0.15, 0.2) is 0 Å². The van der Waals surface area contributed by atoms with Gasteiger partial charge in [0.2, 0.25) is 5.91 Å². The number of rotatable bonds is 0. The Bertz CT molecular complexity index is 131. The summed E-state index contributed by atoms with van der Waals surface area (Å²) in [4.78, 5) is 22.2. The van der Waals surface area contributed by atoms with E-state index < -0.39 is 0 Å². The molecule has 0 atom stereocenters. The van der Waals surface area contributed by atoms with Gasteiger partial charge in [0.05, 0.1) is 7.11 Å². The number of esters is 1. The topological polar surface area (TPSA) is 55.7 Å². The van der Waals surface area contributed by atoms with E-state index in [1.807, 2.05) is 0 Å². The van der Waals surface area contributed by atoms with Gasteiger partial charge in [0.25, 0.3) is 0 Å². The van der Waals surface area contributed by atoms with Crippen LogP contribution in [-0.2, 0) is 14.3 Å². The molecule has 0 fully saturated rings. The molecule has 4 heteroatoms. The summed E-state index contributed by atoms with van der Waals surface area (Å²) >= 11 is 0. The monoisotopic (exact) mass is 145 g/mol. The molecule has 0 saturated carbocycles. The van der Waals surface area contributed by atoms with Gasteiger partial charge in [-0.15, -0.1) is 0 Å². The molecule has 0 heterocycles. The Hall–Kier alpha value is -1.19. The van der Waals surface area contributed by atoms with Crippen molar-refractivity contribution < 1.29 is 14.3 Å². The van der Waals surface area contributed by atoms with Crippen LogP contribution in [0.1, 0.15) is 13.8 Å². The van der Waals surface area contributed by atoms with E-state index in [0.29, 0.717) is 0 Å². The summed E-state index contributed by atoms with van der Waals surface area (Å²) in [6.45, 7) is 5.68. The molecule has 0 radical (unpaired) electrons. The average Bonchev–Trinajstić information content (AvgIpc) is 1.89. The highest BCUT2D eigenvalue weighted by Crippen LogP contribution is 1.60. The molecule has 0 aromatic heterocycles. The smallest absolute Gasteiger partial charge is 0.302 e. The van der Waals surface area contributed by atoms with E-state index in [1.165, 1.54) is 21.0 Å². The lowest BCUT2D eigenvalue weighted by Gasteiger charge is -1.80. The summed E-state index contributed by atoms with van der Waals surface area (Å²) < 4.78 is 4.11. The highest BCUT2D eigenvalue weighted by Gasteiger charge is 1.75. The molecule has 0 rings (SSSR count). The minimum absolute atomic E-state index is 0.231. The molecule has 10 heavy (non-hydrogen) atoms. The zero-order chi connectivity index (χ0) is 8.57. The summed E-state index contributed by atoms with van der Waals surface area (Å²) in [5, 5.41) is 0. The Morgan fingerprint density at radius 1 is 1.40 bits per heavy atom. The molecule has 0 spiro atoms. The molecule has 0 bridgehead atoms. The molecule has 4 nitrogen and oxygen atoms in total. The highest BCUT2D eigenvalue weighted by molar-refractivity contribution is 5.77. The van der Waals surface area contributed by atoms with E-state index in [-0.39, 0.29) is 11.9 Å². The summed E-state index contributed by atoms with van der Waals surface area (Å²) in [5.41, 5.74) is 0. The molecule has 0 aliphatic rings. The standard InChI is InChI=1S/C3H5NO.C3H6O2/c1-3(5)4-2;1-3(4)5-2/h2H2,1H3;1-2H3. The quantitative estimate of drug-likeness (QED) is 0.366. The maximum atomic E-state index is 9.59. The van der Waals surface area contributed by atoms with Crippen molar-refractivity contribution in [3.8, 4) is 0 Å². The Morgan fingerprint density at radius 3 is 1.60 bits per heavy atom. The summed E-state index contributed by atoms with van der Waals surface area (Å²) in [6, 6.07) is 0. The molecule has 0 unspecified atom stereocenters. The van der Waals surface area contributed by atoms with Crippen molar-refractivity contribution in [2.75, 3.05) is 7.11 Å². The lowest BCUT2D eigenvalue weighted by atomic mass is 10.8. The molecular weight excluding hydrogens is 134 g/mol. The first-order valence-electron chi connectivity index (χ1n) is 2.56. The lowest BCUT2D eigenvalue weighted by molar-refractivity contribution is -0.137. The van der Waals surface area contributed by atoms with Crippen LogP contribution in [-0.4, -0.2) is 25.7 Å². The van der Waals surface area contributed by atoms with Gasteiger partial charge >= 0.3 is 5.97 Å². The lowest BCUT2D eigenvalue weighted by Crippen LogP contribution is -1.88. The number of carbonyl (C=O) groups is 2. The Labute approximate surface area is 59.9 Å². The van der Waals surface area contributed by atoms with E-state index in [2.05, 4.69) is 16.4 Å². The maximum absolute atomic E-state index is 9.59. The van der Waals surface area contributed by atoms with Gasteiger partial charge in [-0.2, -0.15) is 0 Å². The SMILES string of the molecule is C=NC(C)=O.COC(C)=O. The number of methoxy groups -OCH3 is 1. The van der Waals surface area contributed by atoms with Gasteiger partial charge < -0.3 is 4.74 Å². The molecular formula is C6H11NO3. The van der Waals surface area contributed by atoms with Crippen LogP contribution in [0.5, 0.6) is 0 Å². The molecule has 0 aromatic carbocycles. The summed E-state index contributed by atoms with van der Waals surface area (Å²) in [7, 11) is 1.35. The Balaban J connectivity index is 0. The minimum atomic E-state index is -0.245. The van der Waals surface area contributed by atoms with Crippen molar-refractivity contribution in [1.82, 2.24) is 0 Å². The number of hydrogen-bond donors (Lipinski definition) is 0. The fourth-order valence-electron chi connectivity index (χ4n) is 0. The van der Waals surface area contributed by atoms with E-state index in [4.69, 9.17) is 0 Å². The van der Waals surface area contributed by atoms with Crippen LogP contribution >= 0.6 is 0 Å². The predicted octanol–water partition coefficient (Wildman–Crippen LogP) is 0.413. The van der Waals surface area contributed by atoms with E-state index in [9.17, 15) is 9.59 Å². The van der Waals surface area contributed by atoms with Crippen LogP contribution in [0.25, 0.3) is 0 Å². The second kappa shape index (κ2) is 7.81. The van der Waals surface area contributed by atoms with Gasteiger partial charge in [-0.3, -0.25) is 9.59 Å². The average molecular weight is 145 g/mol. The van der Waals surface area contributed by atoms with Crippen LogP contribution in [0.4, 0.5) is 0 Å².